The maximum absolute atomic E-state index is 11.4. The van der Waals surface area contributed by atoms with Gasteiger partial charge in [0.15, 0.2) is 0 Å². The zero-order valence-electron chi connectivity index (χ0n) is 12.6. The summed E-state index contributed by atoms with van der Waals surface area (Å²) < 4.78 is 5.43. The van der Waals surface area contributed by atoms with E-state index in [0.29, 0.717) is 0 Å². The van der Waals surface area contributed by atoms with Gasteiger partial charge in [-0.05, 0) is 25.0 Å². The standard InChI is InChI=1S/C16H22N4O2/c17-16(21)18-20(13-5-2-1-3-6-13)15-8-4-7-14(15)19-9-11-22-12-10-19/h1-3,5-7,15H,4,8-12H2,(H3,17,18,21). The maximum Gasteiger partial charge on any atom is 0.331 e. The molecule has 1 heterocycles. The summed E-state index contributed by atoms with van der Waals surface area (Å²) in [5.41, 5.74) is 10.3. The van der Waals surface area contributed by atoms with Gasteiger partial charge in [-0.1, -0.05) is 24.3 Å². The zero-order valence-corrected chi connectivity index (χ0v) is 12.6. The van der Waals surface area contributed by atoms with Gasteiger partial charge in [0.2, 0.25) is 0 Å². The number of amides is 2. The van der Waals surface area contributed by atoms with Gasteiger partial charge in [-0.2, -0.15) is 0 Å². The molecule has 1 unspecified atom stereocenters. The van der Waals surface area contributed by atoms with Crippen molar-refractivity contribution in [1.29, 1.82) is 0 Å². The number of rotatable bonds is 4. The molecule has 22 heavy (non-hydrogen) atoms. The first kappa shape index (κ1) is 14.7. The van der Waals surface area contributed by atoms with E-state index < -0.39 is 6.03 Å². The second-order valence-electron chi connectivity index (χ2n) is 5.50. The third-order valence-electron chi connectivity index (χ3n) is 4.09. The van der Waals surface area contributed by atoms with Crippen LogP contribution < -0.4 is 16.2 Å². The molecular weight excluding hydrogens is 280 g/mol. The Morgan fingerprint density at radius 2 is 2.00 bits per heavy atom. The minimum atomic E-state index is -0.544. The SMILES string of the molecule is NC(=O)NN(c1ccccc1)C1CCC=C1N1CCOCC1. The van der Waals surface area contributed by atoms with E-state index in [2.05, 4.69) is 16.4 Å². The lowest BCUT2D eigenvalue weighted by atomic mass is 10.1. The minimum Gasteiger partial charge on any atom is -0.378 e. The number of ether oxygens (including phenoxy) is 1. The monoisotopic (exact) mass is 302 g/mol. The molecule has 1 atom stereocenters. The number of anilines is 1. The number of morpholine rings is 1. The van der Waals surface area contributed by atoms with Gasteiger partial charge in [0, 0.05) is 18.8 Å². The zero-order chi connectivity index (χ0) is 15.4. The molecule has 6 nitrogen and oxygen atoms in total. The largest absolute Gasteiger partial charge is 0.378 e. The lowest BCUT2D eigenvalue weighted by Crippen LogP contribution is -2.53. The second-order valence-corrected chi connectivity index (χ2v) is 5.50. The van der Waals surface area contributed by atoms with Crippen LogP contribution in [-0.4, -0.2) is 43.3 Å². The Morgan fingerprint density at radius 3 is 2.68 bits per heavy atom. The van der Waals surface area contributed by atoms with E-state index in [9.17, 15) is 4.79 Å². The van der Waals surface area contributed by atoms with Crippen LogP contribution in [0.5, 0.6) is 0 Å². The number of carbonyl (C=O) groups excluding carboxylic acids is 1. The molecule has 118 valence electrons. The van der Waals surface area contributed by atoms with Gasteiger partial charge < -0.3 is 15.4 Å². The van der Waals surface area contributed by atoms with Crippen molar-refractivity contribution < 1.29 is 9.53 Å². The Morgan fingerprint density at radius 1 is 1.27 bits per heavy atom. The molecule has 1 saturated heterocycles. The molecule has 0 radical (unpaired) electrons. The van der Waals surface area contributed by atoms with Crippen molar-refractivity contribution in [3.05, 3.63) is 42.1 Å². The van der Waals surface area contributed by atoms with Gasteiger partial charge in [0.1, 0.15) is 0 Å². The summed E-state index contributed by atoms with van der Waals surface area (Å²) in [4.78, 5) is 13.8. The molecule has 1 aromatic rings. The van der Waals surface area contributed by atoms with Crippen LogP contribution in [0.4, 0.5) is 10.5 Å². The lowest BCUT2D eigenvalue weighted by Gasteiger charge is -2.38. The molecule has 0 aromatic heterocycles. The fourth-order valence-electron chi connectivity index (χ4n) is 3.13. The van der Waals surface area contributed by atoms with E-state index in [0.717, 1.165) is 44.8 Å². The Kier molecular flexibility index (Phi) is 4.48. The molecular formula is C16H22N4O2. The van der Waals surface area contributed by atoms with Crippen LogP contribution in [0, 0.1) is 0 Å². The van der Waals surface area contributed by atoms with Crippen LogP contribution in [-0.2, 0) is 4.74 Å². The number of hydrazine groups is 1. The molecule has 6 heteroatoms. The molecule has 0 bridgehead atoms. The lowest BCUT2D eigenvalue weighted by molar-refractivity contribution is 0.0512. The van der Waals surface area contributed by atoms with Crippen molar-refractivity contribution in [1.82, 2.24) is 10.3 Å². The number of nitrogens with zero attached hydrogens (tertiary/aromatic N) is 2. The van der Waals surface area contributed by atoms with Gasteiger partial charge in [0.25, 0.3) is 0 Å². The third kappa shape index (κ3) is 3.17. The predicted octanol–water partition coefficient (Wildman–Crippen LogP) is 1.45. The molecule has 3 N–H and O–H groups in total. The molecule has 1 fully saturated rings. The molecule has 1 aliphatic carbocycles. The summed E-state index contributed by atoms with van der Waals surface area (Å²) >= 11 is 0. The van der Waals surface area contributed by atoms with E-state index in [4.69, 9.17) is 10.5 Å². The first-order valence-corrected chi connectivity index (χ1v) is 7.69. The van der Waals surface area contributed by atoms with Crippen molar-refractivity contribution in [2.45, 2.75) is 18.9 Å². The van der Waals surface area contributed by atoms with E-state index in [1.54, 1.807) is 0 Å². The highest BCUT2D eigenvalue weighted by Gasteiger charge is 2.31. The van der Waals surface area contributed by atoms with Gasteiger partial charge in [0.05, 0.1) is 24.9 Å². The number of nitrogens with one attached hydrogen (secondary N) is 1. The quantitative estimate of drug-likeness (QED) is 0.826. The summed E-state index contributed by atoms with van der Waals surface area (Å²) in [5, 5.41) is 1.89. The highest BCUT2D eigenvalue weighted by molar-refractivity contribution is 5.74. The fraction of sp³-hybridized carbons (Fsp3) is 0.438. The number of carbonyl (C=O) groups is 1. The first-order chi connectivity index (χ1) is 10.8. The number of nitrogens with two attached hydrogens (primary N) is 1. The molecule has 1 aliphatic heterocycles. The first-order valence-electron chi connectivity index (χ1n) is 7.69. The number of allylic oxidation sites excluding steroid dienone is 1. The van der Waals surface area contributed by atoms with Gasteiger partial charge in [-0.25, -0.2) is 10.2 Å². The summed E-state index contributed by atoms with van der Waals surface area (Å²) in [6.45, 7) is 3.28. The normalized spacial score (nSPS) is 21.4. The smallest absolute Gasteiger partial charge is 0.331 e. The Bertz CT molecular complexity index is 540. The van der Waals surface area contributed by atoms with Crippen LogP contribution >= 0.6 is 0 Å². The Hall–Kier alpha value is -2.21. The van der Waals surface area contributed by atoms with Crippen molar-refractivity contribution in [3.8, 4) is 0 Å². The Balaban J connectivity index is 1.83. The van der Waals surface area contributed by atoms with E-state index in [-0.39, 0.29) is 6.04 Å². The summed E-state index contributed by atoms with van der Waals surface area (Å²) in [7, 11) is 0. The molecule has 0 spiro atoms. The highest BCUT2D eigenvalue weighted by atomic mass is 16.5. The number of hydrogen-bond acceptors (Lipinski definition) is 4. The molecule has 1 aromatic carbocycles. The number of urea groups is 1. The highest BCUT2D eigenvalue weighted by Crippen LogP contribution is 2.30. The van der Waals surface area contributed by atoms with Crippen molar-refractivity contribution in [2.24, 2.45) is 5.73 Å². The number of para-hydroxylation sites is 1. The van der Waals surface area contributed by atoms with Crippen LogP contribution in [0.15, 0.2) is 42.1 Å². The molecule has 2 aliphatic rings. The maximum atomic E-state index is 11.4. The third-order valence-corrected chi connectivity index (χ3v) is 4.09. The van der Waals surface area contributed by atoms with E-state index in [1.165, 1.54) is 5.70 Å². The Labute approximate surface area is 130 Å². The summed E-state index contributed by atoms with van der Waals surface area (Å²) in [6, 6.07) is 9.39. The van der Waals surface area contributed by atoms with Crippen molar-refractivity contribution in [2.75, 3.05) is 31.3 Å². The molecule has 0 saturated carbocycles. The van der Waals surface area contributed by atoms with E-state index >= 15 is 0 Å². The average Bonchev–Trinajstić information content (AvgIpc) is 3.03. The topological polar surface area (TPSA) is 70.8 Å². The number of benzene rings is 1. The predicted molar refractivity (Wildman–Crippen MR) is 85.1 cm³/mol. The van der Waals surface area contributed by atoms with Gasteiger partial charge in [-0.15, -0.1) is 0 Å². The average molecular weight is 302 g/mol. The fourth-order valence-corrected chi connectivity index (χ4v) is 3.13. The number of primary amides is 1. The minimum absolute atomic E-state index is 0.105. The van der Waals surface area contributed by atoms with Crippen molar-refractivity contribution >= 4 is 11.7 Å². The van der Waals surface area contributed by atoms with Gasteiger partial charge >= 0.3 is 6.03 Å². The van der Waals surface area contributed by atoms with Crippen LogP contribution in [0.2, 0.25) is 0 Å². The van der Waals surface area contributed by atoms with Crippen LogP contribution in [0.1, 0.15) is 12.8 Å². The second kappa shape index (κ2) is 6.70. The van der Waals surface area contributed by atoms with E-state index in [1.807, 2.05) is 35.3 Å². The molecule has 3 rings (SSSR count). The summed E-state index contributed by atoms with van der Waals surface area (Å²) in [5.74, 6) is 0. The van der Waals surface area contributed by atoms with Gasteiger partial charge in [-0.3, -0.25) is 5.01 Å². The van der Waals surface area contributed by atoms with Crippen LogP contribution in [0.3, 0.4) is 0 Å². The summed E-state index contributed by atoms with van der Waals surface area (Å²) in [6.07, 6.45) is 4.22. The van der Waals surface area contributed by atoms with Crippen molar-refractivity contribution in [3.63, 3.8) is 0 Å². The molecule has 2 amide bonds. The van der Waals surface area contributed by atoms with Crippen LogP contribution in [0.25, 0.3) is 0 Å². The number of hydrogen-bond donors (Lipinski definition) is 2.